The number of carbonyl (C=O) groups excluding carboxylic acids is 2. The Hall–Kier alpha value is -2.82. The second-order valence-corrected chi connectivity index (χ2v) is 6.32. The summed E-state index contributed by atoms with van der Waals surface area (Å²) >= 11 is 0. The molecule has 2 aromatic rings. The third-order valence-corrected chi connectivity index (χ3v) is 4.45. The second-order valence-electron chi connectivity index (χ2n) is 6.32. The first-order valence-corrected chi connectivity index (χ1v) is 9.05. The molecule has 1 aliphatic rings. The molecule has 2 aromatic carbocycles. The summed E-state index contributed by atoms with van der Waals surface area (Å²) in [5, 5.41) is 0. The first kappa shape index (κ1) is 18.0. The van der Waals surface area contributed by atoms with E-state index in [0.29, 0.717) is 43.9 Å². The molecular weight excluding hydrogens is 328 g/mol. The average Bonchev–Trinajstić information content (AvgIpc) is 2.72. The van der Waals surface area contributed by atoms with Gasteiger partial charge in [-0.1, -0.05) is 25.1 Å². The Morgan fingerprint density at radius 1 is 0.808 bits per heavy atom. The van der Waals surface area contributed by atoms with Crippen LogP contribution in [0.25, 0.3) is 0 Å². The topological polar surface area (TPSA) is 49.9 Å². The highest BCUT2D eigenvalue weighted by atomic mass is 16.5. The third kappa shape index (κ3) is 4.23. The molecule has 2 amide bonds. The fourth-order valence-electron chi connectivity index (χ4n) is 2.97. The minimum absolute atomic E-state index is 0.00106. The molecule has 5 heteroatoms. The quantitative estimate of drug-likeness (QED) is 0.831. The van der Waals surface area contributed by atoms with Crippen LogP contribution in [0.1, 0.15) is 34.1 Å². The van der Waals surface area contributed by atoms with Gasteiger partial charge in [0.25, 0.3) is 11.8 Å². The summed E-state index contributed by atoms with van der Waals surface area (Å²) in [4.78, 5) is 28.7. The van der Waals surface area contributed by atoms with E-state index < -0.39 is 0 Å². The van der Waals surface area contributed by atoms with E-state index in [-0.39, 0.29) is 11.8 Å². The Bertz CT molecular complexity index is 736. The highest BCUT2D eigenvalue weighted by Gasteiger charge is 2.25. The maximum Gasteiger partial charge on any atom is 0.253 e. The molecule has 0 radical (unpaired) electrons. The number of benzene rings is 2. The number of rotatable bonds is 5. The van der Waals surface area contributed by atoms with Gasteiger partial charge in [0.15, 0.2) is 0 Å². The standard InChI is InChI=1S/C21H24N2O3/c1-2-16-26-19-10-8-18(9-11-19)21(25)23-14-12-22(13-15-23)20(24)17-6-4-3-5-7-17/h3-11H,2,12-16H2,1H3. The smallest absolute Gasteiger partial charge is 0.253 e. The number of ether oxygens (including phenoxy) is 1. The molecule has 1 aliphatic heterocycles. The normalized spacial score (nSPS) is 14.2. The van der Waals surface area contributed by atoms with Crippen LogP contribution < -0.4 is 4.74 Å². The van der Waals surface area contributed by atoms with Gasteiger partial charge in [-0.2, -0.15) is 0 Å². The van der Waals surface area contributed by atoms with Crippen molar-refractivity contribution in [3.05, 3.63) is 65.7 Å². The molecule has 1 saturated heterocycles. The highest BCUT2D eigenvalue weighted by molar-refractivity contribution is 5.96. The molecule has 26 heavy (non-hydrogen) atoms. The van der Waals surface area contributed by atoms with Gasteiger partial charge in [0.2, 0.25) is 0 Å². The van der Waals surface area contributed by atoms with Gasteiger partial charge < -0.3 is 14.5 Å². The van der Waals surface area contributed by atoms with Crippen LogP contribution in [-0.2, 0) is 0 Å². The van der Waals surface area contributed by atoms with E-state index in [2.05, 4.69) is 6.92 Å². The van der Waals surface area contributed by atoms with E-state index in [1.54, 1.807) is 21.9 Å². The van der Waals surface area contributed by atoms with Gasteiger partial charge in [-0.15, -0.1) is 0 Å². The number of amides is 2. The van der Waals surface area contributed by atoms with Crippen LogP contribution >= 0.6 is 0 Å². The first-order chi connectivity index (χ1) is 12.7. The summed E-state index contributed by atoms with van der Waals surface area (Å²) in [5.74, 6) is 0.802. The molecular formula is C21H24N2O3. The predicted octanol–water partition coefficient (Wildman–Crippen LogP) is 3.07. The number of carbonyl (C=O) groups is 2. The van der Waals surface area contributed by atoms with Gasteiger partial charge in [0.1, 0.15) is 5.75 Å². The largest absolute Gasteiger partial charge is 0.494 e. The Morgan fingerprint density at radius 3 is 1.81 bits per heavy atom. The van der Waals surface area contributed by atoms with Crippen LogP contribution in [0, 0.1) is 0 Å². The molecule has 0 aliphatic carbocycles. The summed E-state index contributed by atoms with van der Waals surface area (Å²) in [7, 11) is 0. The molecule has 1 fully saturated rings. The van der Waals surface area contributed by atoms with E-state index in [9.17, 15) is 9.59 Å². The second kappa shape index (κ2) is 8.52. The van der Waals surface area contributed by atoms with Crippen LogP contribution in [-0.4, -0.2) is 54.4 Å². The molecule has 0 atom stereocenters. The Labute approximate surface area is 154 Å². The van der Waals surface area contributed by atoms with E-state index in [0.717, 1.165) is 12.2 Å². The molecule has 3 rings (SSSR count). The van der Waals surface area contributed by atoms with Crippen LogP contribution in [0.15, 0.2) is 54.6 Å². The van der Waals surface area contributed by atoms with Gasteiger partial charge in [-0.05, 0) is 42.8 Å². The lowest BCUT2D eigenvalue weighted by molar-refractivity contribution is 0.0535. The van der Waals surface area contributed by atoms with Crippen molar-refractivity contribution >= 4 is 11.8 Å². The molecule has 0 spiro atoms. The lowest BCUT2D eigenvalue weighted by Crippen LogP contribution is -2.50. The van der Waals surface area contributed by atoms with Crippen molar-refractivity contribution in [1.82, 2.24) is 9.80 Å². The zero-order valence-corrected chi connectivity index (χ0v) is 15.1. The van der Waals surface area contributed by atoms with Crippen LogP contribution in [0.4, 0.5) is 0 Å². The minimum Gasteiger partial charge on any atom is -0.494 e. The van der Waals surface area contributed by atoms with Crippen molar-refractivity contribution in [2.45, 2.75) is 13.3 Å². The average molecular weight is 352 g/mol. The first-order valence-electron chi connectivity index (χ1n) is 9.05. The molecule has 5 nitrogen and oxygen atoms in total. The number of piperazine rings is 1. The summed E-state index contributed by atoms with van der Waals surface area (Å²) < 4.78 is 5.55. The molecule has 0 aromatic heterocycles. The Kier molecular flexibility index (Phi) is 5.89. The van der Waals surface area contributed by atoms with Crippen molar-refractivity contribution in [1.29, 1.82) is 0 Å². The summed E-state index contributed by atoms with van der Waals surface area (Å²) in [6.07, 6.45) is 0.951. The molecule has 136 valence electrons. The Balaban J connectivity index is 1.56. The molecule has 1 heterocycles. The number of nitrogens with zero attached hydrogens (tertiary/aromatic N) is 2. The number of hydrogen-bond donors (Lipinski definition) is 0. The van der Waals surface area contributed by atoms with Crippen molar-refractivity contribution in [3.63, 3.8) is 0 Å². The van der Waals surface area contributed by atoms with Crippen LogP contribution in [0.3, 0.4) is 0 Å². The van der Waals surface area contributed by atoms with Gasteiger partial charge >= 0.3 is 0 Å². The van der Waals surface area contributed by atoms with E-state index >= 15 is 0 Å². The lowest BCUT2D eigenvalue weighted by Gasteiger charge is -2.34. The highest BCUT2D eigenvalue weighted by Crippen LogP contribution is 2.16. The lowest BCUT2D eigenvalue weighted by atomic mass is 10.1. The summed E-state index contributed by atoms with van der Waals surface area (Å²) in [6, 6.07) is 16.5. The molecule has 0 bridgehead atoms. The Morgan fingerprint density at radius 2 is 1.31 bits per heavy atom. The fraction of sp³-hybridized carbons (Fsp3) is 0.333. The van der Waals surface area contributed by atoms with Crippen LogP contribution in [0.2, 0.25) is 0 Å². The van der Waals surface area contributed by atoms with Gasteiger partial charge in [0.05, 0.1) is 6.61 Å². The van der Waals surface area contributed by atoms with Crippen molar-refractivity contribution in [2.75, 3.05) is 32.8 Å². The van der Waals surface area contributed by atoms with E-state index in [1.165, 1.54) is 0 Å². The monoisotopic (exact) mass is 352 g/mol. The predicted molar refractivity (Wildman–Crippen MR) is 100 cm³/mol. The summed E-state index contributed by atoms with van der Waals surface area (Å²) in [6.45, 7) is 4.93. The minimum atomic E-state index is -0.00106. The zero-order chi connectivity index (χ0) is 18.4. The van der Waals surface area contributed by atoms with Crippen molar-refractivity contribution in [2.24, 2.45) is 0 Å². The van der Waals surface area contributed by atoms with Gasteiger partial charge in [0, 0.05) is 37.3 Å². The van der Waals surface area contributed by atoms with E-state index in [4.69, 9.17) is 4.74 Å². The summed E-state index contributed by atoms with van der Waals surface area (Å²) in [5.41, 5.74) is 1.34. The molecule has 0 N–H and O–H groups in total. The van der Waals surface area contributed by atoms with Crippen molar-refractivity contribution < 1.29 is 14.3 Å². The zero-order valence-electron chi connectivity index (χ0n) is 15.1. The molecule has 0 unspecified atom stereocenters. The van der Waals surface area contributed by atoms with Crippen LogP contribution in [0.5, 0.6) is 5.75 Å². The fourth-order valence-corrected chi connectivity index (χ4v) is 2.97. The van der Waals surface area contributed by atoms with E-state index in [1.807, 2.05) is 42.5 Å². The number of hydrogen-bond acceptors (Lipinski definition) is 3. The van der Waals surface area contributed by atoms with Crippen molar-refractivity contribution in [3.8, 4) is 5.75 Å². The molecule has 0 saturated carbocycles. The maximum absolute atomic E-state index is 12.7. The maximum atomic E-state index is 12.7. The van der Waals surface area contributed by atoms with Gasteiger partial charge in [-0.25, -0.2) is 0 Å². The van der Waals surface area contributed by atoms with Gasteiger partial charge in [-0.3, -0.25) is 9.59 Å². The SMILES string of the molecule is CCCOc1ccc(C(=O)N2CCN(C(=O)c3ccccc3)CC2)cc1. The third-order valence-electron chi connectivity index (χ3n) is 4.45.